The molecule has 1 aromatic carbocycles. The van der Waals surface area contributed by atoms with Gasteiger partial charge in [0.15, 0.2) is 32.0 Å². The van der Waals surface area contributed by atoms with Crippen LogP contribution in [-0.2, 0) is 19.4 Å². The lowest BCUT2D eigenvalue weighted by Crippen LogP contribution is -2.47. The molecule has 1 aliphatic heterocycles. The Bertz CT molecular complexity index is 1240. The Balaban J connectivity index is 2.10. The fourth-order valence-electron chi connectivity index (χ4n) is 4.03. The highest BCUT2D eigenvalue weighted by Crippen LogP contribution is 2.55. The molecule has 4 atom stereocenters. The molecule has 1 aromatic heterocycles. The van der Waals surface area contributed by atoms with Gasteiger partial charge in [-0.2, -0.15) is 17.6 Å². The van der Waals surface area contributed by atoms with Gasteiger partial charge in [0.1, 0.15) is 6.10 Å². The van der Waals surface area contributed by atoms with E-state index in [9.17, 15) is 35.2 Å². The van der Waals surface area contributed by atoms with Crippen LogP contribution < -0.4 is 10.1 Å². The number of amides is 1. The van der Waals surface area contributed by atoms with E-state index in [1.165, 1.54) is 19.9 Å². The smallest absolute Gasteiger partial charge is 0.417 e. The van der Waals surface area contributed by atoms with Crippen LogP contribution in [0.1, 0.15) is 32.3 Å². The third kappa shape index (κ3) is 4.96. The van der Waals surface area contributed by atoms with Gasteiger partial charge in [-0.15, -0.1) is 0 Å². The van der Waals surface area contributed by atoms with Gasteiger partial charge in [-0.05, 0) is 32.0 Å². The van der Waals surface area contributed by atoms with Crippen molar-refractivity contribution in [3.8, 4) is 5.75 Å². The summed E-state index contributed by atoms with van der Waals surface area (Å²) in [6.07, 6.45) is -4.73. The second-order valence-electron chi connectivity index (χ2n) is 8.31. The Hall–Kier alpha value is -2.80. The summed E-state index contributed by atoms with van der Waals surface area (Å²) < 4.78 is 105. The summed E-state index contributed by atoms with van der Waals surface area (Å²) in [6, 6.07) is 4.07. The normalized spacial score (nSPS) is 24.9. The summed E-state index contributed by atoms with van der Waals surface area (Å²) in [5, 5.41) is 1.97. The van der Waals surface area contributed by atoms with Crippen LogP contribution >= 0.6 is 0 Å². The van der Waals surface area contributed by atoms with Crippen molar-refractivity contribution in [1.29, 1.82) is 0 Å². The van der Waals surface area contributed by atoms with Crippen molar-refractivity contribution in [3.05, 3.63) is 47.7 Å². The lowest BCUT2D eigenvalue weighted by molar-refractivity contribution is -0.272. The van der Waals surface area contributed by atoms with Crippen molar-refractivity contribution < 1.29 is 44.6 Å². The maximum atomic E-state index is 14.6. The monoisotopic (exact) mass is 522 g/mol. The molecule has 0 aliphatic carbocycles. The molecular weight excluding hydrogens is 499 g/mol. The topological polar surface area (TPSA) is 94.6 Å². The van der Waals surface area contributed by atoms with Crippen molar-refractivity contribution in [2.45, 2.75) is 49.6 Å². The molecule has 7 nitrogen and oxygen atoms in total. The lowest BCUT2D eigenvalue weighted by Gasteiger charge is -2.32. The Morgan fingerprint density at radius 2 is 1.91 bits per heavy atom. The number of aromatic nitrogens is 1. The minimum atomic E-state index is -4.91. The van der Waals surface area contributed by atoms with Gasteiger partial charge in [-0.25, -0.2) is 17.8 Å². The first-order valence-electron chi connectivity index (χ1n) is 10.4. The molecule has 1 aliphatic rings. The predicted molar refractivity (Wildman–Crippen MR) is 115 cm³/mol. The molecule has 1 N–H and O–H groups in total. The van der Waals surface area contributed by atoms with E-state index < -0.39 is 62.8 Å². The lowest BCUT2D eigenvalue weighted by atomic mass is 9.77. The van der Waals surface area contributed by atoms with E-state index in [1.54, 1.807) is 0 Å². The zero-order chi connectivity index (χ0) is 26.3. The van der Waals surface area contributed by atoms with Crippen LogP contribution in [0.2, 0.25) is 0 Å². The van der Waals surface area contributed by atoms with Gasteiger partial charge in [0.25, 0.3) is 5.91 Å². The quantitative estimate of drug-likeness (QED) is 0.571. The molecule has 192 valence electrons. The maximum Gasteiger partial charge on any atom is 0.417 e. The first kappa shape index (κ1) is 26.8. The largest absolute Gasteiger partial charge is 0.490 e. The van der Waals surface area contributed by atoms with Gasteiger partial charge in [0, 0.05) is 35.5 Å². The van der Waals surface area contributed by atoms with Gasteiger partial charge in [-0.3, -0.25) is 4.79 Å². The second-order valence-corrected chi connectivity index (χ2v) is 10.3. The van der Waals surface area contributed by atoms with Gasteiger partial charge in [-0.1, -0.05) is 13.0 Å². The number of hydrogen-bond donors (Lipinski definition) is 1. The third-order valence-electron chi connectivity index (χ3n) is 6.04. The summed E-state index contributed by atoms with van der Waals surface area (Å²) in [5.41, 5.74) is -3.04. The summed E-state index contributed by atoms with van der Waals surface area (Å²) >= 11 is 0. The number of hydrogen-bond acceptors (Lipinski definition) is 6. The minimum Gasteiger partial charge on any atom is -0.490 e. The number of rotatable bonds is 6. The first-order valence-corrected chi connectivity index (χ1v) is 12.3. The zero-order valence-electron chi connectivity index (χ0n) is 19.1. The number of sulfone groups is 1. The molecule has 0 bridgehead atoms. The van der Waals surface area contributed by atoms with E-state index in [4.69, 9.17) is 9.47 Å². The predicted octanol–water partition coefficient (Wildman–Crippen LogP) is 4.24. The number of nitrogens with zero attached hydrogens (tertiary/aromatic N) is 1. The van der Waals surface area contributed by atoms with E-state index >= 15 is 0 Å². The number of carbonyl (C=O) groups excluding carboxylic acids is 1. The summed E-state index contributed by atoms with van der Waals surface area (Å²) in [4.78, 5) is 16.8. The van der Waals surface area contributed by atoms with Gasteiger partial charge in [0.2, 0.25) is 5.82 Å². The third-order valence-corrected chi connectivity index (χ3v) is 7.02. The standard InChI is InChI=1S/C22H23F5N2O5S/c1-5-33-18-13(6-7-14(23)17(18)24)16-11(2)21(3,22(25,26)27)34-19(16)20(30)29-12-8-9-28-15(10-12)35(4,31)32/h6-11,16,19H,5H2,1-4H3,(H,28,29,30). The molecule has 1 saturated heterocycles. The van der Waals surface area contributed by atoms with Crippen molar-refractivity contribution >= 4 is 21.4 Å². The second kappa shape index (κ2) is 9.34. The van der Waals surface area contributed by atoms with E-state index in [0.29, 0.717) is 0 Å². The highest BCUT2D eigenvalue weighted by molar-refractivity contribution is 7.90. The van der Waals surface area contributed by atoms with Gasteiger partial charge < -0.3 is 14.8 Å². The van der Waals surface area contributed by atoms with Crippen LogP contribution in [0.4, 0.5) is 27.6 Å². The molecule has 35 heavy (non-hydrogen) atoms. The molecule has 0 spiro atoms. The van der Waals surface area contributed by atoms with Crippen LogP contribution in [0.15, 0.2) is 35.5 Å². The molecular formula is C22H23F5N2O5S. The summed E-state index contributed by atoms with van der Waals surface area (Å²) in [7, 11) is -3.74. The average Bonchev–Trinajstić information content (AvgIpc) is 3.03. The number of benzene rings is 1. The molecule has 1 amide bonds. The Kier molecular flexibility index (Phi) is 7.15. The number of alkyl halides is 3. The number of pyridine rings is 1. The maximum absolute atomic E-state index is 14.6. The number of halogens is 5. The van der Waals surface area contributed by atoms with Crippen molar-refractivity contribution in [2.75, 3.05) is 18.2 Å². The number of anilines is 1. The molecule has 3 rings (SSSR count). The van der Waals surface area contributed by atoms with Crippen LogP contribution in [0.3, 0.4) is 0 Å². The SMILES string of the molecule is CCOc1c(C2C(C(=O)Nc3ccnc(S(C)(=O)=O)c3)OC(C)(C(F)(F)F)C2C)ccc(F)c1F. The minimum absolute atomic E-state index is 0.0589. The fraction of sp³-hybridized carbons (Fsp3) is 0.455. The van der Waals surface area contributed by atoms with E-state index in [1.807, 2.05) is 0 Å². The number of ether oxygens (including phenoxy) is 2. The number of nitrogens with one attached hydrogen (secondary N) is 1. The molecule has 2 aromatic rings. The molecule has 4 unspecified atom stereocenters. The van der Waals surface area contributed by atoms with E-state index in [2.05, 4.69) is 10.3 Å². The van der Waals surface area contributed by atoms with Crippen LogP contribution in [0.25, 0.3) is 0 Å². The molecule has 0 saturated carbocycles. The molecule has 1 fully saturated rings. The van der Waals surface area contributed by atoms with Crippen molar-refractivity contribution in [1.82, 2.24) is 4.98 Å². The molecule has 0 radical (unpaired) electrons. The van der Waals surface area contributed by atoms with Crippen LogP contribution in [0.5, 0.6) is 5.75 Å². The Labute approximate surface area is 198 Å². The average molecular weight is 522 g/mol. The summed E-state index contributed by atoms with van der Waals surface area (Å²) in [6.45, 7) is 3.33. The fourth-order valence-corrected chi connectivity index (χ4v) is 4.62. The van der Waals surface area contributed by atoms with Crippen molar-refractivity contribution in [3.63, 3.8) is 0 Å². The van der Waals surface area contributed by atoms with Gasteiger partial charge in [0.05, 0.1) is 6.61 Å². The highest BCUT2D eigenvalue weighted by Gasteiger charge is 2.65. The first-order chi connectivity index (χ1) is 16.1. The van der Waals surface area contributed by atoms with Crippen molar-refractivity contribution in [2.24, 2.45) is 5.92 Å². The number of carbonyl (C=O) groups is 1. The van der Waals surface area contributed by atoms with E-state index in [-0.39, 0.29) is 22.9 Å². The zero-order valence-corrected chi connectivity index (χ0v) is 19.9. The Morgan fingerprint density at radius 1 is 1.26 bits per heavy atom. The van der Waals surface area contributed by atoms with Crippen LogP contribution in [-0.4, -0.2) is 50.1 Å². The van der Waals surface area contributed by atoms with Gasteiger partial charge >= 0.3 is 6.18 Å². The highest BCUT2D eigenvalue weighted by atomic mass is 32.2. The van der Waals surface area contributed by atoms with E-state index in [0.717, 1.165) is 37.6 Å². The van der Waals surface area contributed by atoms with Crippen LogP contribution in [0, 0.1) is 17.6 Å². The Morgan fingerprint density at radius 3 is 2.49 bits per heavy atom. The summed E-state index contributed by atoms with van der Waals surface area (Å²) in [5.74, 6) is -7.15. The molecule has 2 heterocycles. The molecule has 13 heteroatoms.